The van der Waals surface area contributed by atoms with E-state index in [2.05, 4.69) is 5.32 Å². The quantitative estimate of drug-likeness (QED) is 0.427. The first-order valence-corrected chi connectivity index (χ1v) is 10.9. The van der Waals surface area contributed by atoms with Crippen molar-refractivity contribution in [1.29, 1.82) is 0 Å². The van der Waals surface area contributed by atoms with Crippen LogP contribution in [0.2, 0.25) is 0 Å². The van der Waals surface area contributed by atoms with E-state index in [-0.39, 0.29) is 12.3 Å². The van der Waals surface area contributed by atoms with Gasteiger partial charge in [-0.05, 0) is 56.7 Å². The number of hydrogen-bond donors (Lipinski definition) is 1. The summed E-state index contributed by atoms with van der Waals surface area (Å²) in [6.07, 6.45) is 0. The highest BCUT2D eigenvalue weighted by atomic mass is 16.5. The molecule has 2 aromatic carbocycles. The number of Topliss-reactive ketones (excluding diaryl/α,β-unsaturated/α-hetero) is 1. The van der Waals surface area contributed by atoms with E-state index >= 15 is 0 Å². The second-order valence-electron chi connectivity index (χ2n) is 8.40. The van der Waals surface area contributed by atoms with Crippen LogP contribution in [0.3, 0.4) is 0 Å². The third-order valence-electron chi connectivity index (χ3n) is 6.28. The molecule has 176 valence electrons. The lowest BCUT2D eigenvalue weighted by Gasteiger charge is -2.23. The number of ketones is 1. The lowest BCUT2D eigenvalue weighted by Crippen LogP contribution is -2.41. The molecule has 8 nitrogen and oxygen atoms in total. The minimum atomic E-state index is -1.34. The Morgan fingerprint density at radius 3 is 2.29 bits per heavy atom. The summed E-state index contributed by atoms with van der Waals surface area (Å²) in [6.45, 7) is 5.03. The molecule has 1 aliphatic heterocycles. The maximum absolute atomic E-state index is 13.4. The van der Waals surface area contributed by atoms with Gasteiger partial charge in [-0.1, -0.05) is 24.3 Å². The van der Waals surface area contributed by atoms with E-state index in [1.165, 1.54) is 14.2 Å². The minimum absolute atomic E-state index is 0.310. The predicted octanol–water partition coefficient (Wildman–Crippen LogP) is 3.76. The van der Waals surface area contributed by atoms with Crippen LogP contribution in [0.25, 0.3) is 5.69 Å². The van der Waals surface area contributed by atoms with E-state index in [1.54, 1.807) is 31.2 Å². The first-order valence-electron chi connectivity index (χ1n) is 10.9. The Hall–Kier alpha value is -4.07. The smallest absolute Gasteiger partial charge is 0.325 e. The first-order chi connectivity index (χ1) is 16.2. The molecule has 3 amide bonds. The summed E-state index contributed by atoms with van der Waals surface area (Å²) in [7, 11) is 3.01. The molecule has 0 saturated carbocycles. The van der Waals surface area contributed by atoms with Crippen molar-refractivity contribution in [2.75, 3.05) is 20.8 Å². The molecule has 1 atom stereocenters. The van der Waals surface area contributed by atoms with Crippen molar-refractivity contribution in [3.05, 3.63) is 77.1 Å². The number of hydrogen-bond acceptors (Lipinski definition) is 5. The third-order valence-corrected chi connectivity index (χ3v) is 6.28. The molecule has 1 aromatic heterocycles. The fraction of sp³-hybridized carbons (Fsp3) is 0.269. The maximum atomic E-state index is 13.4. The van der Waals surface area contributed by atoms with Crippen LogP contribution in [-0.4, -0.2) is 48.0 Å². The molecule has 1 saturated heterocycles. The summed E-state index contributed by atoms with van der Waals surface area (Å²) in [5, 5.41) is 2.73. The zero-order valence-electron chi connectivity index (χ0n) is 19.8. The summed E-state index contributed by atoms with van der Waals surface area (Å²) in [4.78, 5) is 40.3. The molecule has 34 heavy (non-hydrogen) atoms. The fourth-order valence-corrected chi connectivity index (χ4v) is 4.43. The Morgan fingerprint density at radius 2 is 1.65 bits per heavy atom. The van der Waals surface area contributed by atoms with Crippen LogP contribution < -0.4 is 14.8 Å². The molecule has 0 spiro atoms. The zero-order chi connectivity index (χ0) is 24.6. The largest absolute Gasteiger partial charge is 0.493 e. The minimum Gasteiger partial charge on any atom is -0.493 e. The van der Waals surface area contributed by atoms with Gasteiger partial charge < -0.3 is 19.4 Å². The summed E-state index contributed by atoms with van der Waals surface area (Å²) in [6, 6.07) is 15.9. The van der Waals surface area contributed by atoms with Crippen LogP contribution in [0.4, 0.5) is 4.79 Å². The number of carbonyl (C=O) groups is 3. The van der Waals surface area contributed by atoms with Crippen LogP contribution in [-0.2, 0) is 10.3 Å². The first kappa shape index (κ1) is 23.1. The number of carbonyl (C=O) groups excluding carboxylic acids is 3. The molecule has 0 aliphatic carbocycles. The Kier molecular flexibility index (Phi) is 5.91. The van der Waals surface area contributed by atoms with E-state index in [0.29, 0.717) is 22.6 Å². The molecule has 1 fully saturated rings. The van der Waals surface area contributed by atoms with Gasteiger partial charge in [0.15, 0.2) is 17.3 Å². The van der Waals surface area contributed by atoms with Crippen LogP contribution in [0.1, 0.15) is 34.2 Å². The van der Waals surface area contributed by atoms with Crippen molar-refractivity contribution in [2.45, 2.75) is 26.3 Å². The van der Waals surface area contributed by atoms with Crippen LogP contribution >= 0.6 is 0 Å². The number of amides is 3. The van der Waals surface area contributed by atoms with Gasteiger partial charge in [0, 0.05) is 22.6 Å². The normalized spacial score (nSPS) is 17.6. The molecular weight excluding hydrogens is 434 g/mol. The molecule has 8 heteroatoms. The van der Waals surface area contributed by atoms with Crippen LogP contribution in [0, 0.1) is 13.8 Å². The second-order valence-corrected chi connectivity index (χ2v) is 8.40. The molecule has 1 aliphatic rings. The highest BCUT2D eigenvalue weighted by molar-refractivity contribution is 6.11. The summed E-state index contributed by atoms with van der Waals surface area (Å²) >= 11 is 0. The number of methoxy groups -OCH3 is 2. The van der Waals surface area contributed by atoms with Gasteiger partial charge in [-0.15, -0.1) is 0 Å². The molecule has 0 radical (unpaired) electrons. The average molecular weight is 462 g/mol. The number of nitrogens with zero attached hydrogens (tertiary/aromatic N) is 2. The van der Waals surface area contributed by atoms with E-state index in [4.69, 9.17) is 9.47 Å². The second kappa shape index (κ2) is 8.70. The van der Waals surface area contributed by atoms with Gasteiger partial charge in [0.05, 0.1) is 20.8 Å². The SMILES string of the molecule is COc1ccc(C2(C)NC(=O)N(CC(=O)c3cc(C)n(-c4ccccc4)c3C)C2=O)cc1OC. The molecule has 2 heterocycles. The van der Waals surface area contributed by atoms with E-state index in [1.807, 2.05) is 48.7 Å². The van der Waals surface area contributed by atoms with Crippen molar-refractivity contribution in [3.63, 3.8) is 0 Å². The lowest BCUT2D eigenvalue weighted by molar-refractivity contribution is -0.130. The number of ether oxygens (including phenoxy) is 2. The Bertz CT molecular complexity index is 1280. The van der Waals surface area contributed by atoms with Crippen molar-refractivity contribution < 1.29 is 23.9 Å². The molecular formula is C26H27N3O5. The van der Waals surface area contributed by atoms with Gasteiger partial charge >= 0.3 is 6.03 Å². The number of urea groups is 1. The number of rotatable bonds is 7. The van der Waals surface area contributed by atoms with E-state index in [0.717, 1.165) is 22.0 Å². The standard InChI is InChI=1S/C26H27N3O5/c1-16-13-20(17(2)29(16)19-9-7-6-8-10-19)21(30)15-28-24(31)26(3,27-25(28)32)18-11-12-22(33-4)23(14-18)34-5/h6-14H,15H2,1-5H3,(H,27,32). The fourth-order valence-electron chi connectivity index (χ4n) is 4.43. The molecule has 3 aromatic rings. The zero-order valence-corrected chi connectivity index (χ0v) is 19.8. The highest BCUT2D eigenvalue weighted by Crippen LogP contribution is 2.35. The highest BCUT2D eigenvalue weighted by Gasteiger charge is 2.49. The van der Waals surface area contributed by atoms with Gasteiger partial charge in [0.1, 0.15) is 5.54 Å². The van der Waals surface area contributed by atoms with Crippen LogP contribution in [0.5, 0.6) is 11.5 Å². The van der Waals surface area contributed by atoms with Crippen molar-refractivity contribution in [2.24, 2.45) is 0 Å². The summed E-state index contributed by atoms with van der Waals surface area (Å²) in [5.41, 5.74) is 2.25. The monoisotopic (exact) mass is 461 g/mol. The number of benzene rings is 2. The summed E-state index contributed by atoms with van der Waals surface area (Å²) in [5.74, 6) is 0.129. The summed E-state index contributed by atoms with van der Waals surface area (Å²) < 4.78 is 12.6. The molecule has 1 N–H and O–H groups in total. The van der Waals surface area contributed by atoms with Gasteiger partial charge in [0.25, 0.3) is 5.91 Å². The van der Waals surface area contributed by atoms with Crippen molar-refractivity contribution in [3.8, 4) is 17.2 Å². The van der Waals surface area contributed by atoms with Gasteiger partial charge in [-0.3, -0.25) is 14.5 Å². The molecule has 4 rings (SSSR count). The number of imide groups is 1. The number of aryl methyl sites for hydroxylation is 1. The number of aromatic nitrogens is 1. The van der Waals surface area contributed by atoms with Gasteiger partial charge in [0.2, 0.25) is 0 Å². The Labute approximate surface area is 198 Å². The van der Waals surface area contributed by atoms with Gasteiger partial charge in [-0.25, -0.2) is 4.79 Å². The lowest BCUT2D eigenvalue weighted by atomic mass is 9.91. The topological polar surface area (TPSA) is 89.9 Å². The van der Waals surface area contributed by atoms with Crippen LogP contribution in [0.15, 0.2) is 54.6 Å². The predicted molar refractivity (Wildman–Crippen MR) is 127 cm³/mol. The Morgan fingerprint density at radius 1 is 0.971 bits per heavy atom. The number of para-hydroxylation sites is 1. The molecule has 0 bridgehead atoms. The molecule has 1 unspecified atom stereocenters. The average Bonchev–Trinajstić information content (AvgIpc) is 3.26. The van der Waals surface area contributed by atoms with Crippen molar-refractivity contribution >= 4 is 17.7 Å². The van der Waals surface area contributed by atoms with Gasteiger partial charge in [-0.2, -0.15) is 0 Å². The number of nitrogens with one attached hydrogen (secondary N) is 1. The maximum Gasteiger partial charge on any atom is 0.325 e. The van der Waals surface area contributed by atoms with Crippen molar-refractivity contribution in [1.82, 2.24) is 14.8 Å². The third kappa shape index (κ3) is 3.71. The van der Waals surface area contributed by atoms with E-state index in [9.17, 15) is 14.4 Å². The Balaban J connectivity index is 1.61. The van der Waals surface area contributed by atoms with E-state index < -0.39 is 17.5 Å².